The predicted molar refractivity (Wildman–Crippen MR) is 66.4 cm³/mol. The molecule has 1 aromatic carbocycles. The third-order valence-electron chi connectivity index (χ3n) is 2.91. The van der Waals surface area contributed by atoms with Crippen LogP contribution in [0, 0.1) is 11.7 Å². The standard InChI is InChI=1S/C12H14FNO3S/c13-10-2-1-3-11(7-10)14-12(15)6-9-4-5-18(16,17)8-9/h1-3,7,9H,4-6,8H2,(H,14,15). The van der Waals surface area contributed by atoms with Crippen molar-refractivity contribution < 1.29 is 17.6 Å². The number of halogens is 1. The second kappa shape index (κ2) is 5.06. The second-order valence-electron chi connectivity index (χ2n) is 4.53. The molecule has 0 aromatic heterocycles. The fourth-order valence-corrected chi connectivity index (χ4v) is 3.94. The van der Waals surface area contributed by atoms with Crippen LogP contribution in [-0.2, 0) is 14.6 Å². The lowest BCUT2D eigenvalue weighted by molar-refractivity contribution is -0.116. The van der Waals surface area contributed by atoms with E-state index >= 15 is 0 Å². The van der Waals surface area contributed by atoms with E-state index in [0.29, 0.717) is 12.1 Å². The zero-order valence-electron chi connectivity index (χ0n) is 9.73. The largest absolute Gasteiger partial charge is 0.326 e. The monoisotopic (exact) mass is 271 g/mol. The van der Waals surface area contributed by atoms with Gasteiger partial charge in [-0.15, -0.1) is 0 Å². The maximum absolute atomic E-state index is 12.9. The van der Waals surface area contributed by atoms with Crippen molar-refractivity contribution in [2.75, 3.05) is 16.8 Å². The summed E-state index contributed by atoms with van der Waals surface area (Å²) >= 11 is 0. The minimum absolute atomic E-state index is 0.0730. The van der Waals surface area contributed by atoms with Crippen molar-refractivity contribution in [3.05, 3.63) is 30.1 Å². The van der Waals surface area contributed by atoms with Crippen LogP contribution in [0.4, 0.5) is 10.1 Å². The van der Waals surface area contributed by atoms with Crippen LogP contribution in [0.3, 0.4) is 0 Å². The number of anilines is 1. The molecular formula is C12H14FNO3S. The van der Waals surface area contributed by atoms with Crippen LogP contribution in [0.15, 0.2) is 24.3 Å². The van der Waals surface area contributed by atoms with E-state index in [9.17, 15) is 17.6 Å². The zero-order chi connectivity index (χ0) is 13.2. The van der Waals surface area contributed by atoms with Gasteiger partial charge >= 0.3 is 0 Å². The highest BCUT2D eigenvalue weighted by Crippen LogP contribution is 2.22. The predicted octanol–water partition coefficient (Wildman–Crippen LogP) is 1.59. The highest BCUT2D eigenvalue weighted by atomic mass is 32.2. The van der Waals surface area contributed by atoms with Crippen molar-refractivity contribution in [2.45, 2.75) is 12.8 Å². The van der Waals surface area contributed by atoms with Gasteiger partial charge < -0.3 is 5.32 Å². The first kappa shape index (κ1) is 13.0. The maximum Gasteiger partial charge on any atom is 0.224 e. The van der Waals surface area contributed by atoms with E-state index < -0.39 is 15.7 Å². The summed E-state index contributed by atoms with van der Waals surface area (Å²) in [5, 5.41) is 2.56. The molecule has 1 amide bonds. The molecule has 0 aliphatic carbocycles. The number of carbonyl (C=O) groups is 1. The second-order valence-corrected chi connectivity index (χ2v) is 6.76. The van der Waals surface area contributed by atoms with Gasteiger partial charge in [0.05, 0.1) is 11.5 Å². The number of nitrogens with one attached hydrogen (secondary N) is 1. The van der Waals surface area contributed by atoms with E-state index in [0.717, 1.165) is 0 Å². The summed E-state index contributed by atoms with van der Waals surface area (Å²) in [7, 11) is -2.96. The van der Waals surface area contributed by atoms with Gasteiger partial charge in [0.2, 0.25) is 5.91 Å². The van der Waals surface area contributed by atoms with E-state index in [1.54, 1.807) is 6.07 Å². The molecule has 98 valence electrons. The number of hydrogen-bond donors (Lipinski definition) is 1. The number of hydrogen-bond acceptors (Lipinski definition) is 3. The van der Waals surface area contributed by atoms with Crippen molar-refractivity contribution in [3.8, 4) is 0 Å². The van der Waals surface area contributed by atoms with Gasteiger partial charge in [-0.05, 0) is 30.5 Å². The number of rotatable bonds is 3. The summed E-state index contributed by atoms with van der Waals surface area (Å²) in [6, 6.07) is 5.61. The summed E-state index contributed by atoms with van der Waals surface area (Å²) in [4.78, 5) is 11.7. The van der Waals surface area contributed by atoms with Crippen LogP contribution in [0.2, 0.25) is 0 Å². The third kappa shape index (κ3) is 3.53. The fraction of sp³-hybridized carbons (Fsp3) is 0.417. The van der Waals surface area contributed by atoms with Crippen molar-refractivity contribution >= 4 is 21.4 Å². The smallest absolute Gasteiger partial charge is 0.224 e. The molecule has 1 aromatic rings. The third-order valence-corrected chi connectivity index (χ3v) is 4.75. The lowest BCUT2D eigenvalue weighted by atomic mass is 10.1. The Bertz CT molecular complexity index is 556. The molecule has 0 saturated carbocycles. The first-order chi connectivity index (χ1) is 8.44. The fourth-order valence-electron chi connectivity index (χ4n) is 2.07. The van der Waals surface area contributed by atoms with Gasteiger partial charge in [0.15, 0.2) is 9.84 Å². The normalized spacial score (nSPS) is 21.7. The first-order valence-corrected chi connectivity index (χ1v) is 7.52. The van der Waals surface area contributed by atoms with Crippen LogP contribution >= 0.6 is 0 Å². The lowest BCUT2D eigenvalue weighted by Gasteiger charge is -2.08. The molecule has 1 heterocycles. The van der Waals surface area contributed by atoms with Gasteiger partial charge in [-0.2, -0.15) is 0 Å². The Morgan fingerprint density at radius 1 is 1.44 bits per heavy atom. The van der Waals surface area contributed by atoms with E-state index in [1.807, 2.05) is 0 Å². The molecule has 6 heteroatoms. The van der Waals surface area contributed by atoms with Crippen molar-refractivity contribution in [1.82, 2.24) is 0 Å². The van der Waals surface area contributed by atoms with Crippen molar-refractivity contribution in [2.24, 2.45) is 5.92 Å². The average molecular weight is 271 g/mol. The number of benzene rings is 1. The maximum atomic E-state index is 12.9. The Hall–Kier alpha value is -1.43. The summed E-state index contributed by atoms with van der Waals surface area (Å²) in [6.45, 7) is 0. The topological polar surface area (TPSA) is 63.2 Å². The molecule has 1 aliphatic rings. The van der Waals surface area contributed by atoms with Crippen LogP contribution in [0.1, 0.15) is 12.8 Å². The molecular weight excluding hydrogens is 257 g/mol. The minimum Gasteiger partial charge on any atom is -0.326 e. The molecule has 1 aliphatic heterocycles. The van der Waals surface area contributed by atoms with Crippen molar-refractivity contribution in [1.29, 1.82) is 0 Å². The highest BCUT2D eigenvalue weighted by molar-refractivity contribution is 7.91. The van der Waals surface area contributed by atoms with Crippen LogP contribution in [0.25, 0.3) is 0 Å². The highest BCUT2D eigenvalue weighted by Gasteiger charge is 2.29. The quantitative estimate of drug-likeness (QED) is 0.908. The number of sulfone groups is 1. The Morgan fingerprint density at radius 3 is 2.83 bits per heavy atom. The Kier molecular flexibility index (Phi) is 3.65. The van der Waals surface area contributed by atoms with Crippen molar-refractivity contribution in [3.63, 3.8) is 0 Å². The number of carbonyl (C=O) groups excluding carboxylic acids is 1. The molecule has 0 bridgehead atoms. The van der Waals surface area contributed by atoms with Gasteiger partial charge in [-0.25, -0.2) is 12.8 Å². The summed E-state index contributed by atoms with van der Waals surface area (Å²) in [6.07, 6.45) is 0.689. The van der Waals surface area contributed by atoms with E-state index in [4.69, 9.17) is 0 Å². The average Bonchev–Trinajstić information content (AvgIpc) is 2.57. The molecule has 1 unspecified atom stereocenters. The van der Waals surface area contributed by atoms with E-state index in [2.05, 4.69) is 5.32 Å². The van der Waals surface area contributed by atoms with Gasteiger partial charge in [-0.1, -0.05) is 6.07 Å². The molecule has 18 heavy (non-hydrogen) atoms. The summed E-state index contributed by atoms with van der Waals surface area (Å²) in [5.74, 6) is -0.586. The molecule has 0 spiro atoms. The Labute approximate surface area is 105 Å². The molecule has 1 atom stereocenters. The van der Waals surface area contributed by atoms with Gasteiger partial charge in [-0.3, -0.25) is 4.79 Å². The molecule has 1 saturated heterocycles. The molecule has 0 radical (unpaired) electrons. The van der Waals surface area contributed by atoms with E-state index in [-0.39, 0.29) is 29.8 Å². The zero-order valence-corrected chi connectivity index (χ0v) is 10.5. The first-order valence-electron chi connectivity index (χ1n) is 5.70. The summed E-state index contributed by atoms with van der Waals surface area (Å²) < 4.78 is 35.4. The Balaban J connectivity index is 1.90. The van der Waals surface area contributed by atoms with Crippen LogP contribution in [-0.4, -0.2) is 25.8 Å². The Morgan fingerprint density at radius 2 is 2.22 bits per heavy atom. The molecule has 4 nitrogen and oxygen atoms in total. The van der Waals surface area contributed by atoms with Crippen LogP contribution in [0.5, 0.6) is 0 Å². The SMILES string of the molecule is O=C(CC1CCS(=O)(=O)C1)Nc1cccc(F)c1. The minimum atomic E-state index is -2.96. The van der Waals surface area contributed by atoms with Gasteiger partial charge in [0, 0.05) is 12.1 Å². The van der Waals surface area contributed by atoms with Crippen LogP contribution < -0.4 is 5.32 Å². The van der Waals surface area contributed by atoms with Gasteiger partial charge in [0.1, 0.15) is 5.82 Å². The molecule has 1 fully saturated rings. The summed E-state index contributed by atoms with van der Waals surface area (Å²) in [5.41, 5.74) is 0.390. The number of amides is 1. The lowest BCUT2D eigenvalue weighted by Crippen LogP contribution is -2.17. The van der Waals surface area contributed by atoms with Gasteiger partial charge in [0.25, 0.3) is 0 Å². The molecule has 2 rings (SSSR count). The molecule has 1 N–H and O–H groups in total. The van der Waals surface area contributed by atoms with E-state index in [1.165, 1.54) is 18.2 Å².